The predicted molar refractivity (Wildman–Crippen MR) is 84.4 cm³/mol. The molecule has 21 heavy (non-hydrogen) atoms. The van der Waals surface area contributed by atoms with Gasteiger partial charge in [0.1, 0.15) is 5.75 Å². The number of oxime groups is 1. The first-order valence-corrected chi connectivity index (χ1v) is 6.93. The third-order valence-corrected chi connectivity index (χ3v) is 3.08. The number of rotatable bonds is 8. The van der Waals surface area contributed by atoms with Gasteiger partial charge in [0.05, 0.1) is 19.4 Å². The van der Waals surface area contributed by atoms with E-state index >= 15 is 0 Å². The molecule has 6 nitrogen and oxygen atoms in total. The fourth-order valence-corrected chi connectivity index (χ4v) is 2.12. The molecule has 0 radical (unpaired) electrons. The number of nitrogens with two attached hydrogens (primary N) is 1. The van der Waals surface area contributed by atoms with Crippen molar-refractivity contribution in [1.82, 2.24) is 0 Å². The van der Waals surface area contributed by atoms with Gasteiger partial charge in [0.15, 0.2) is 5.84 Å². The Morgan fingerprint density at radius 1 is 1.38 bits per heavy atom. The van der Waals surface area contributed by atoms with Crippen molar-refractivity contribution in [3.8, 4) is 5.75 Å². The van der Waals surface area contributed by atoms with Crippen LogP contribution in [0.1, 0.15) is 19.4 Å². The van der Waals surface area contributed by atoms with Crippen molar-refractivity contribution in [2.75, 3.05) is 38.8 Å². The van der Waals surface area contributed by atoms with Crippen LogP contribution >= 0.6 is 0 Å². The summed E-state index contributed by atoms with van der Waals surface area (Å²) in [6, 6.07) is 5.48. The van der Waals surface area contributed by atoms with Gasteiger partial charge in [-0.3, -0.25) is 0 Å². The number of amidine groups is 1. The van der Waals surface area contributed by atoms with Gasteiger partial charge >= 0.3 is 0 Å². The quantitative estimate of drug-likeness (QED) is 0.331. The molecule has 0 unspecified atom stereocenters. The van der Waals surface area contributed by atoms with Crippen LogP contribution in [0.25, 0.3) is 0 Å². The van der Waals surface area contributed by atoms with E-state index in [1.54, 1.807) is 26.4 Å². The molecule has 0 saturated carbocycles. The van der Waals surface area contributed by atoms with Gasteiger partial charge in [-0.15, -0.1) is 0 Å². The van der Waals surface area contributed by atoms with Crippen molar-refractivity contribution in [2.45, 2.75) is 13.8 Å². The SMILES string of the molecule is COCCN(CC(C)C)c1cc(OC)ccc1/C(N)=N/O. The number of methoxy groups -OCH3 is 2. The van der Waals surface area contributed by atoms with Crippen molar-refractivity contribution in [1.29, 1.82) is 0 Å². The lowest BCUT2D eigenvalue weighted by Gasteiger charge is -2.28. The van der Waals surface area contributed by atoms with Crippen LogP contribution in [0.2, 0.25) is 0 Å². The molecule has 0 spiro atoms. The average molecular weight is 295 g/mol. The van der Waals surface area contributed by atoms with Crippen molar-refractivity contribution in [3.05, 3.63) is 23.8 Å². The van der Waals surface area contributed by atoms with E-state index in [2.05, 4.69) is 23.9 Å². The first-order valence-electron chi connectivity index (χ1n) is 6.93. The van der Waals surface area contributed by atoms with Gasteiger partial charge in [-0.25, -0.2) is 0 Å². The summed E-state index contributed by atoms with van der Waals surface area (Å²) in [5.74, 6) is 1.28. The van der Waals surface area contributed by atoms with E-state index in [0.29, 0.717) is 24.6 Å². The Kier molecular flexibility index (Phi) is 6.81. The first-order chi connectivity index (χ1) is 10.0. The maximum absolute atomic E-state index is 8.97. The number of benzene rings is 1. The van der Waals surface area contributed by atoms with E-state index in [9.17, 15) is 0 Å². The highest BCUT2D eigenvalue weighted by Gasteiger charge is 2.16. The summed E-state index contributed by atoms with van der Waals surface area (Å²) in [4.78, 5) is 2.16. The molecule has 3 N–H and O–H groups in total. The van der Waals surface area contributed by atoms with Crippen LogP contribution < -0.4 is 15.4 Å². The lowest BCUT2D eigenvalue weighted by Crippen LogP contribution is -2.33. The van der Waals surface area contributed by atoms with Crippen LogP contribution in [0.4, 0.5) is 5.69 Å². The fraction of sp³-hybridized carbons (Fsp3) is 0.533. The topological polar surface area (TPSA) is 80.3 Å². The lowest BCUT2D eigenvalue weighted by atomic mass is 10.1. The maximum atomic E-state index is 8.97. The van der Waals surface area contributed by atoms with Crippen LogP contribution in [0, 0.1) is 5.92 Å². The van der Waals surface area contributed by atoms with E-state index in [-0.39, 0.29) is 5.84 Å². The summed E-state index contributed by atoms with van der Waals surface area (Å²) in [6.07, 6.45) is 0. The Bertz CT molecular complexity index is 475. The highest BCUT2D eigenvalue weighted by molar-refractivity contribution is 6.02. The lowest BCUT2D eigenvalue weighted by molar-refractivity contribution is 0.204. The van der Waals surface area contributed by atoms with Crippen LogP contribution in [0.3, 0.4) is 0 Å². The highest BCUT2D eigenvalue weighted by atomic mass is 16.5. The minimum atomic E-state index is 0.0822. The van der Waals surface area contributed by atoms with Crippen molar-refractivity contribution in [2.24, 2.45) is 16.8 Å². The van der Waals surface area contributed by atoms with Crippen LogP contribution in [-0.4, -0.2) is 45.0 Å². The van der Waals surface area contributed by atoms with E-state index in [1.807, 2.05) is 6.07 Å². The fourth-order valence-electron chi connectivity index (χ4n) is 2.12. The van der Waals surface area contributed by atoms with E-state index in [0.717, 1.165) is 18.0 Å². The monoisotopic (exact) mass is 295 g/mol. The molecular formula is C15H25N3O3. The zero-order valence-electron chi connectivity index (χ0n) is 13.2. The second-order valence-corrected chi connectivity index (χ2v) is 5.20. The van der Waals surface area contributed by atoms with Gasteiger partial charge < -0.3 is 25.3 Å². The largest absolute Gasteiger partial charge is 0.497 e. The third-order valence-electron chi connectivity index (χ3n) is 3.08. The van der Waals surface area contributed by atoms with Crippen molar-refractivity contribution < 1.29 is 14.7 Å². The molecule has 0 aliphatic carbocycles. The molecule has 0 saturated heterocycles. The van der Waals surface area contributed by atoms with Gasteiger partial charge in [-0.1, -0.05) is 19.0 Å². The molecule has 1 rings (SSSR count). The molecule has 0 heterocycles. The zero-order valence-corrected chi connectivity index (χ0v) is 13.2. The summed E-state index contributed by atoms with van der Waals surface area (Å²) in [6.45, 7) is 6.43. The molecule has 0 aromatic heterocycles. The average Bonchev–Trinajstić information content (AvgIpc) is 2.49. The molecule has 6 heteroatoms. The van der Waals surface area contributed by atoms with Gasteiger partial charge in [-0.2, -0.15) is 0 Å². The molecule has 1 aromatic rings. The standard InChI is InChI=1S/C15H25N3O3/c1-11(2)10-18(7-8-20-3)14-9-12(21-4)5-6-13(14)15(16)17-19/h5-6,9,11,19H,7-8,10H2,1-4H3,(H2,16,17). The van der Waals surface area contributed by atoms with Gasteiger partial charge in [0.25, 0.3) is 0 Å². The minimum absolute atomic E-state index is 0.0822. The van der Waals surface area contributed by atoms with Gasteiger partial charge in [-0.05, 0) is 18.1 Å². The zero-order chi connectivity index (χ0) is 15.8. The molecule has 0 bridgehead atoms. The Labute approximate surface area is 126 Å². The van der Waals surface area contributed by atoms with E-state index < -0.39 is 0 Å². The van der Waals surface area contributed by atoms with Crippen LogP contribution in [-0.2, 0) is 4.74 Å². The predicted octanol–water partition coefficient (Wildman–Crippen LogP) is 1.90. The Morgan fingerprint density at radius 3 is 2.62 bits per heavy atom. The molecule has 0 aliphatic rings. The van der Waals surface area contributed by atoms with Gasteiger partial charge in [0.2, 0.25) is 0 Å². The molecule has 0 atom stereocenters. The van der Waals surface area contributed by atoms with Gasteiger partial charge in [0, 0.05) is 31.8 Å². The summed E-state index contributed by atoms with van der Waals surface area (Å²) in [5.41, 5.74) is 7.33. The summed E-state index contributed by atoms with van der Waals surface area (Å²) in [7, 11) is 3.29. The normalized spacial score (nSPS) is 11.8. The third kappa shape index (κ3) is 4.82. The number of hydrogen-bond acceptors (Lipinski definition) is 5. The Morgan fingerprint density at radius 2 is 2.10 bits per heavy atom. The molecule has 1 aromatic carbocycles. The molecule has 0 aliphatic heterocycles. The molecule has 0 amide bonds. The number of anilines is 1. The van der Waals surface area contributed by atoms with Crippen LogP contribution in [0.15, 0.2) is 23.4 Å². The number of nitrogens with zero attached hydrogens (tertiary/aromatic N) is 2. The summed E-state index contributed by atoms with van der Waals surface area (Å²) >= 11 is 0. The van der Waals surface area contributed by atoms with E-state index in [1.165, 1.54) is 0 Å². The minimum Gasteiger partial charge on any atom is -0.497 e. The van der Waals surface area contributed by atoms with Crippen molar-refractivity contribution in [3.63, 3.8) is 0 Å². The smallest absolute Gasteiger partial charge is 0.172 e. The number of hydrogen-bond donors (Lipinski definition) is 2. The maximum Gasteiger partial charge on any atom is 0.172 e. The summed E-state index contributed by atoms with van der Waals surface area (Å²) in [5, 5.41) is 12.1. The molecule has 118 valence electrons. The Hall–Kier alpha value is -1.95. The highest BCUT2D eigenvalue weighted by Crippen LogP contribution is 2.27. The molecule has 0 fully saturated rings. The molecular weight excluding hydrogens is 270 g/mol. The Balaban J connectivity index is 3.23. The van der Waals surface area contributed by atoms with Crippen LogP contribution in [0.5, 0.6) is 5.75 Å². The first kappa shape index (κ1) is 17.1. The number of ether oxygens (including phenoxy) is 2. The second kappa shape index (κ2) is 8.36. The van der Waals surface area contributed by atoms with Crippen molar-refractivity contribution >= 4 is 11.5 Å². The second-order valence-electron chi connectivity index (χ2n) is 5.20. The van der Waals surface area contributed by atoms with E-state index in [4.69, 9.17) is 20.4 Å². The summed E-state index contributed by atoms with van der Waals surface area (Å²) < 4.78 is 10.5.